The summed E-state index contributed by atoms with van der Waals surface area (Å²) in [7, 11) is -1.65. The van der Waals surface area contributed by atoms with Crippen molar-refractivity contribution in [1.82, 2.24) is 15.4 Å². The summed E-state index contributed by atoms with van der Waals surface area (Å²) in [5.41, 5.74) is 1.93. The maximum Gasteiger partial charge on any atom is 0.213 e. The van der Waals surface area contributed by atoms with Crippen LogP contribution < -0.4 is 15.4 Å². The van der Waals surface area contributed by atoms with Gasteiger partial charge in [-0.1, -0.05) is 12.5 Å². The number of nitrogens with one attached hydrogen (secondary N) is 3. The Morgan fingerprint density at radius 2 is 2.07 bits per heavy atom. The maximum absolute atomic E-state index is 13.4. The second kappa shape index (κ2) is 10.9. The summed E-state index contributed by atoms with van der Waals surface area (Å²) in [4.78, 5) is 4.11. The van der Waals surface area contributed by atoms with Crippen molar-refractivity contribution >= 4 is 27.7 Å². The highest BCUT2D eigenvalue weighted by atomic mass is 32.2. The van der Waals surface area contributed by atoms with Crippen molar-refractivity contribution in [3.63, 3.8) is 0 Å². The van der Waals surface area contributed by atoms with Gasteiger partial charge in [0.25, 0.3) is 0 Å². The third-order valence-corrected chi connectivity index (χ3v) is 6.57. The van der Waals surface area contributed by atoms with Crippen molar-refractivity contribution in [1.29, 1.82) is 0 Å². The van der Waals surface area contributed by atoms with Crippen molar-refractivity contribution < 1.29 is 12.8 Å². The number of sulfonamides is 1. The average molecular weight is 417 g/mol. The molecule has 0 unspecified atom stereocenters. The lowest BCUT2D eigenvalue weighted by atomic mass is 9.86. The molecule has 0 spiro atoms. The number of rotatable bonds is 10. The molecule has 0 radical (unpaired) electrons. The molecule has 0 bridgehead atoms. The first-order valence-electron chi connectivity index (χ1n) is 9.11. The van der Waals surface area contributed by atoms with Crippen LogP contribution in [0.2, 0.25) is 0 Å². The molecule has 152 valence electrons. The lowest BCUT2D eigenvalue weighted by Gasteiger charge is -2.25. The van der Waals surface area contributed by atoms with Gasteiger partial charge in [-0.3, -0.25) is 4.99 Å². The largest absolute Gasteiger partial charge is 0.355 e. The molecular weight excluding hydrogens is 387 g/mol. The fourth-order valence-corrected chi connectivity index (χ4v) is 4.36. The normalized spacial score (nSPS) is 15.4. The number of hydrogen-bond donors (Lipinski definition) is 3. The highest BCUT2D eigenvalue weighted by molar-refractivity contribution is 7.97. The SMILES string of the molecule is CN=C(NCCS(=O)(=O)NCC1CCC1)NCc1ccc(F)cc1CSC. The van der Waals surface area contributed by atoms with Gasteiger partial charge >= 0.3 is 0 Å². The number of nitrogens with zero attached hydrogens (tertiary/aromatic N) is 1. The zero-order valence-electron chi connectivity index (χ0n) is 15.9. The zero-order chi connectivity index (χ0) is 19.7. The van der Waals surface area contributed by atoms with Crippen molar-refractivity contribution in [2.45, 2.75) is 31.6 Å². The van der Waals surface area contributed by atoms with Gasteiger partial charge in [-0.25, -0.2) is 17.5 Å². The molecule has 0 amide bonds. The van der Waals surface area contributed by atoms with Crippen molar-refractivity contribution in [3.05, 3.63) is 35.1 Å². The molecule has 1 aromatic carbocycles. The quantitative estimate of drug-likeness (QED) is 0.402. The van der Waals surface area contributed by atoms with Crippen LogP contribution in [0.25, 0.3) is 0 Å². The number of hydrogen-bond acceptors (Lipinski definition) is 4. The Bertz CT molecular complexity index is 737. The van der Waals surface area contributed by atoms with Gasteiger partial charge in [0, 0.05) is 32.4 Å². The Kier molecular flexibility index (Phi) is 8.85. The molecule has 1 aliphatic rings. The number of benzene rings is 1. The van der Waals surface area contributed by atoms with Crippen LogP contribution in [0, 0.1) is 11.7 Å². The van der Waals surface area contributed by atoms with Gasteiger partial charge in [0.2, 0.25) is 10.0 Å². The van der Waals surface area contributed by atoms with Crippen molar-refractivity contribution in [2.75, 3.05) is 32.1 Å². The highest BCUT2D eigenvalue weighted by Crippen LogP contribution is 2.25. The smallest absolute Gasteiger partial charge is 0.213 e. The minimum atomic E-state index is -3.28. The Balaban J connectivity index is 1.77. The molecule has 2 rings (SSSR count). The Hall–Kier alpha value is -1.32. The topological polar surface area (TPSA) is 82.6 Å². The summed E-state index contributed by atoms with van der Waals surface area (Å²) in [6.45, 7) is 1.29. The van der Waals surface area contributed by atoms with Crippen molar-refractivity contribution in [3.8, 4) is 0 Å². The van der Waals surface area contributed by atoms with E-state index in [1.165, 1.54) is 12.5 Å². The molecule has 0 aliphatic heterocycles. The predicted octanol–water partition coefficient (Wildman–Crippen LogP) is 2.07. The van der Waals surface area contributed by atoms with E-state index >= 15 is 0 Å². The third-order valence-electron chi connectivity index (χ3n) is 4.62. The third kappa shape index (κ3) is 7.67. The van der Waals surface area contributed by atoms with E-state index < -0.39 is 10.0 Å². The minimum absolute atomic E-state index is 0.00526. The number of aliphatic imine (C=N–C) groups is 1. The van der Waals surface area contributed by atoms with E-state index in [9.17, 15) is 12.8 Å². The summed E-state index contributed by atoms with van der Waals surface area (Å²) in [6.07, 6.45) is 5.39. The van der Waals surface area contributed by atoms with Gasteiger partial charge < -0.3 is 10.6 Å². The van der Waals surface area contributed by atoms with E-state index in [-0.39, 0.29) is 18.1 Å². The van der Waals surface area contributed by atoms with E-state index in [4.69, 9.17) is 0 Å². The van der Waals surface area contributed by atoms with Crippen LogP contribution in [-0.4, -0.2) is 46.5 Å². The van der Waals surface area contributed by atoms with E-state index in [2.05, 4.69) is 20.3 Å². The fourth-order valence-electron chi connectivity index (χ4n) is 2.77. The van der Waals surface area contributed by atoms with E-state index in [1.807, 2.05) is 6.26 Å². The molecule has 1 saturated carbocycles. The molecule has 6 nitrogen and oxygen atoms in total. The van der Waals surface area contributed by atoms with Crippen LogP contribution in [-0.2, 0) is 22.3 Å². The van der Waals surface area contributed by atoms with Crippen molar-refractivity contribution in [2.24, 2.45) is 10.9 Å². The summed E-state index contributed by atoms with van der Waals surface area (Å²) >= 11 is 1.63. The summed E-state index contributed by atoms with van der Waals surface area (Å²) in [6, 6.07) is 4.75. The fraction of sp³-hybridized carbons (Fsp3) is 0.611. The maximum atomic E-state index is 13.4. The lowest BCUT2D eigenvalue weighted by molar-refractivity contribution is 0.316. The molecule has 0 atom stereocenters. The van der Waals surface area contributed by atoms with Crippen LogP contribution in [0.3, 0.4) is 0 Å². The molecule has 3 N–H and O–H groups in total. The Labute approximate surface area is 165 Å². The molecule has 0 heterocycles. The number of thioether (sulfide) groups is 1. The van der Waals surface area contributed by atoms with E-state index in [0.29, 0.717) is 25.0 Å². The van der Waals surface area contributed by atoms with E-state index in [1.54, 1.807) is 30.9 Å². The zero-order valence-corrected chi connectivity index (χ0v) is 17.6. The standard InChI is InChI=1S/C18H29FN4O2S2/c1-20-18(21-8-9-27(24,25)23-11-14-4-3-5-14)22-12-15-6-7-17(19)10-16(15)13-26-2/h6-7,10,14,23H,3-5,8-9,11-13H2,1-2H3,(H2,20,21,22). The molecule has 0 saturated heterocycles. The van der Waals surface area contributed by atoms with Crippen LogP contribution in [0.4, 0.5) is 4.39 Å². The molecule has 27 heavy (non-hydrogen) atoms. The van der Waals surface area contributed by atoms with Crippen LogP contribution in [0.1, 0.15) is 30.4 Å². The minimum Gasteiger partial charge on any atom is -0.355 e. The number of guanidine groups is 1. The summed E-state index contributed by atoms with van der Waals surface area (Å²) in [5, 5.41) is 6.17. The second-order valence-electron chi connectivity index (χ2n) is 6.66. The lowest BCUT2D eigenvalue weighted by Crippen LogP contribution is -2.41. The molecule has 0 aromatic heterocycles. The van der Waals surface area contributed by atoms with E-state index in [0.717, 1.165) is 29.7 Å². The van der Waals surface area contributed by atoms with Gasteiger partial charge in [-0.15, -0.1) is 0 Å². The molecular formula is C18H29FN4O2S2. The summed E-state index contributed by atoms with van der Waals surface area (Å²) < 4.78 is 40.1. The molecule has 1 fully saturated rings. The van der Waals surface area contributed by atoms with Gasteiger partial charge in [0.05, 0.1) is 5.75 Å². The van der Waals surface area contributed by atoms with Gasteiger partial charge in [0.15, 0.2) is 5.96 Å². The van der Waals surface area contributed by atoms with Crippen LogP contribution in [0.15, 0.2) is 23.2 Å². The monoisotopic (exact) mass is 416 g/mol. The first-order chi connectivity index (χ1) is 12.9. The molecule has 1 aliphatic carbocycles. The molecule has 1 aromatic rings. The Morgan fingerprint density at radius 3 is 2.70 bits per heavy atom. The van der Waals surface area contributed by atoms with Gasteiger partial charge in [-0.05, 0) is 48.3 Å². The highest BCUT2D eigenvalue weighted by Gasteiger charge is 2.20. The summed E-state index contributed by atoms with van der Waals surface area (Å²) in [5.74, 6) is 1.49. The first-order valence-corrected chi connectivity index (χ1v) is 12.2. The predicted molar refractivity (Wildman–Crippen MR) is 111 cm³/mol. The first kappa shape index (κ1) is 22.0. The number of halogens is 1. The van der Waals surface area contributed by atoms with Gasteiger partial charge in [0.1, 0.15) is 5.82 Å². The van der Waals surface area contributed by atoms with Crippen LogP contribution in [0.5, 0.6) is 0 Å². The average Bonchev–Trinajstić information content (AvgIpc) is 2.58. The second-order valence-corrected chi connectivity index (χ2v) is 9.46. The van der Waals surface area contributed by atoms with Crippen LogP contribution >= 0.6 is 11.8 Å². The molecule has 9 heteroatoms. The van der Waals surface area contributed by atoms with Gasteiger partial charge in [-0.2, -0.15) is 11.8 Å². The Morgan fingerprint density at radius 1 is 1.30 bits per heavy atom.